The number of para-hydroxylation sites is 1. The minimum atomic E-state index is -0.0735. The number of nitrogens with one attached hydrogen (secondary N) is 2. The Bertz CT molecular complexity index is 435. The summed E-state index contributed by atoms with van der Waals surface area (Å²) in [5, 5.41) is 6.35. The second-order valence-electron chi connectivity index (χ2n) is 5.22. The fourth-order valence-electron chi connectivity index (χ4n) is 2.18. The molecule has 0 aliphatic rings. The highest BCUT2D eigenvalue weighted by Crippen LogP contribution is 2.26. The number of amides is 1. The van der Waals surface area contributed by atoms with Crippen molar-refractivity contribution in [1.29, 1.82) is 0 Å². The van der Waals surface area contributed by atoms with E-state index in [1.165, 1.54) is 0 Å². The zero-order valence-electron chi connectivity index (χ0n) is 13.6. The first-order chi connectivity index (χ1) is 10.1. The fourth-order valence-corrected chi connectivity index (χ4v) is 2.18. The van der Waals surface area contributed by atoms with Crippen LogP contribution < -0.4 is 15.4 Å². The van der Waals surface area contributed by atoms with Gasteiger partial charge in [-0.15, -0.1) is 0 Å². The summed E-state index contributed by atoms with van der Waals surface area (Å²) in [6, 6.07) is 8.35. The van der Waals surface area contributed by atoms with E-state index in [9.17, 15) is 4.79 Å². The molecular weight excluding hydrogens is 264 g/mol. The third-order valence-corrected chi connectivity index (χ3v) is 3.53. The normalized spacial score (nSPS) is 13.5. The Morgan fingerprint density at radius 3 is 2.52 bits per heavy atom. The van der Waals surface area contributed by atoms with E-state index in [0.717, 1.165) is 30.7 Å². The monoisotopic (exact) mass is 292 g/mol. The minimum absolute atomic E-state index is 0.0594. The average molecular weight is 292 g/mol. The zero-order valence-corrected chi connectivity index (χ0v) is 13.6. The molecular formula is C17H28N2O2. The average Bonchev–Trinajstić information content (AvgIpc) is 2.50. The number of benzene rings is 1. The van der Waals surface area contributed by atoms with Gasteiger partial charge in [-0.1, -0.05) is 39.0 Å². The van der Waals surface area contributed by atoms with Crippen molar-refractivity contribution in [2.45, 2.75) is 52.6 Å². The first kappa shape index (κ1) is 17.5. The molecule has 2 atom stereocenters. The summed E-state index contributed by atoms with van der Waals surface area (Å²) in [6.45, 7) is 9.23. The third kappa shape index (κ3) is 5.76. The van der Waals surface area contributed by atoms with Gasteiger partial charge >= 0.3 is 0 Å². The molecule has 2 N–H and O–H groups in total. The van der Waals surface area contributed by atoms with Gasteiger partial charge in [0.15, 0.2) is 6.61 Å². The van der Waals surface area contributed by atoms with Gasteiger partial charge in [-0.3, -0.25) is 4.79 Å². The van der Waals surface area contributed by atoms with E-state index in [0.29, 0.717) is 0 Å². The second kappa shape index (κ2) is 9.40. The predicted molar refractivity (Wildman–Crippen MR) is 86.5 cm³/mol. The Morgan fingerprint density at radius 2 is 1.90 bits per heavy atom. The van der Waals surface area contributed by atoms with Gasteiger partial charge in [-0.05, 0) is 32.4 Å². The summed E-state index contributed by atoms with van der Waals surface area (Å²) in [5.74, 6) is 0.709. The fraction of sp³-hybridized carbons (Fsp3) is 0.588. The van der Waals surface area contributed by atoms with Gasteiger partial charge in [0.2, 0.25) is 0 Å². The van der Waals surface area contributed by atoms with E-state index in [4.69, 9.17) is 4.74 Å². The molecule has 4 nitrogen and oxygen atoms in total. The highest BCUT2D eigenvalue weighted by atomic mass is 16.5. The minimum Gasteiger partial charge on any atom is -0.483 e. The van der Waals surface area contributed by atoms with Crippen molar-refractivity contribution in [1.82, 2.24) is 10.6 Å². The molecule has 1 rings (SSSR count). The van der Waals surface area contributed by atoms with E-state index < -0.39 is 0 Å². The van der Waals surface area contributed by atoms with Gasteiger partial charge in [0.25, 0.3) is 5.91 Å². The van der Waals surface area contributed by atoms with Gasteiger partial charge in [0.05, 0.1) is 0 Å². The molecule has 0 radical (unpaired) electrons. The maximum absolute atomic E-state index is 11.8. The Hall–Kier alpha value is -1.55. The van der Waals surface area contributed by atoms with Crippen molar-refractivity contribution in [2.24, 2.45) is 0 Å². The first-order valence-corrected chi connectivity index (χ1v) is 7.86. The Balaban J connectivity index is 2.68. The molecule has 0 saturated heterocycles. The van der Waals surface area contributed by atoms with Crippen LogP contribution in [0, 0.1) is 0 Å². The quantitative estimate of drug-likeness (QED) is 0.735. The van der Waals surface area contributed by atoms with Crippen molar-refractivity contribution < 1.29 is 9.53 Å². The highest BCUT2D eigenvalue weighted by molar-refractivity contribution is 5.77. The maximum Gasteiger partial charge on any atom is 0.258 e. The smallest absolute Gasteiger partial charge is 0.258 e. The van der Waals surface area contributed by atoms with Crippen molar-refractivity contribution in [3.63, 3.8) is 0 Å². The third-order valence-electron chi connectivity index (χ3n) is 3.53. The molecule has 1 amide bonds. The van der Waals surface area contributed by atoms with Crippen molar-refractivity contribution >= 4 is 5.91 Å². The van der Waals surface area contributed by atoms with Crippen LogP contribution >= 0.6 is 0 Å². The summed E-state index contributed by atoms with van der Waals surface area (Å²) >= 11 is 0. The molecule has 118 valence electrons. The Labute approximate surface area is 128 Å². The Kier molecular flexibility index (Phi) is 7.83. The zero-order chi connectivity index (χ0) is 15.7. The lowest BCUT2D eigenvalue weighted by Crippen LogP contribution is -2.35. The van der Waals surface area contributed by atoms with Crippen LogP contribution in [0.15, 0.2) is 24.3 Å². The van der Waals surface area contributed by atoms with Crippen molar-refractivity contribution in [3.8, 4) is 5.75 Å². The lowest BCUT2D eigenvalue weighted by Gasteiger charge is -2.20. The largest absolute Gasteiger partial charge is 0.483 e. The predicted octanol–water partition coefficient (Wildman–Crippen LogP) is 3.04. The van der Waals surface area contributed by atoms with Crippen LogP contribution in [0.5, 0.6) is 5.75 Å². The van der Waals surface area contributed by atoms with Gasteiger partial charge in [-0.2, -0.15) is 0 Å². The molecule has 0 saturated carbocycles. The molecule has 0 fully saturated rings. The molecule has 0 aliphatic carbocycles. The van der Waals surface area contributed by atoms with E-state index in [1.54, 1.807) is 0 Å². The van der Waals surface area contributed by atoms with E-state index in [-0.39, 0.29) is 24.6 Å². The summed E-state index contributed by atoms with van der Waals surface area (Å²) in [7, 11) is 0. The summed E-state index contributed by atoms with van der Waals surface area (Å²) < 4.78 is 5.72. The molecule has 0 bridgehead atoms. The summed E-state index contributed by atoms with van der Waals surface area (Å²) in [5.41, 5.74) is 1.11. The molecule has 4 heteroatoms. The van der Waals surface area contributed by atoms with Gasteiger partial charge in [-0.25, -0.2) is 0 Å². The number of carbonyl (C=O) groups excluding carboxylic acids is 1. The summed E-state index contributed by atoms with van der Waals surface area (Å²) in [6.07, 6.45) is 1.90. The molecule has 1 aromatic rings. The lowest BCUT2D eigenvalue weighted by molar-refractivity contribution is -0.123. The molecule has 2 unspecified atom stereocenters. The molecule has 0 aliphatic heterocycles. The van der Waals surface area contributed by atoms with E-state index >= 15 is 0 Å². The number of rotatable bonds is 9. The topological polar surface area (TPSA) is 50.4 Å². The molecule has 0 spiro atoms. The Morgan fingerprint density at radius 1 is 1.19 bits per heavy atom. The van der Waals surface area contributed by atoms with Gasteiger partial charge in [0, 0.05) is 17.6 Å². The van der Waals surface area contributed by atoms with Gasteiger partial charge < -0.3 is 15.4 Å². The van der Waals surface area contributed by atoms with Crippen LogP contribution in [0.1, 0.15) is 52.1 Å². The number of hydrogen-bond donors (Lipinski definition) is 2. The molecule has 0 heterocycles. The van der Waals surface area contributed by atoms with Gasteiger partial charge in [0.1, 0.15) is 5.75 Å². The maximum atomic E-state index is 11.8. The van der Waals surface area contributed by atoms with Crippen molar-refractivity contribution in [3.05, 3.63) is 29.8 Å². The summed E-state index contributed by atoms with van der Waals surface area (Å²) in [4.78, 5) is 11.8. The van der Waals surface area contributed by atoms with Crippen LogP contribution in [-0.4, -0.2) is 25.1 Å². The van der Waals surface area contributed by atoms with Crippen LogP contribution in [0.3, 0.4) is 0 Å². The van der Waals surface area contributed by atoms with Crippen LogP contribution in [0.4, 0.5) is 0 Å². The number of hydrogen-bond acceptors (Lipinski definition) is 3. The standard InChI is InChI=1S/C17H28N2O2/c1-5-13(4)19-17(20)12-21-16-11-9-8-10-14(16)15(6-2)18-7-3/h8-11,13,15,18H,5-7,12H2,1-4H3,(H,19,20). The SMILES string of the molecule is CCNC(CC)c1ccccc1OCC(=O)NC(C)CC. The van der Waals surface area contributed by atoms with E-state index in [1.807, 2.05) is 32.0 Å². The molecule has 21 heavy (non-hydrogen) atoms. The molecule has 0 aromatic heterocycles. The van der Waals surface area contributed by atoms with Crippen LogP contribution in [-0.2, 0) is 4.79 Å². The van der Waals surface area contributed by atoms with Crippen LogP contribution in [0.2, 0.25) is 0 Å². The number of carbonyl (C=O) groups is 1. The van der Waals surface area contributed by atoms with E-state index in [2.05, 4.69) is 30.5 Å². The number of ether oxygens (including phenoxy) is 1. The van der Waals surface area contributed by atoms with Crippen LogP contribution in [0.25, 0.3) is 0 Å². The first-order valence-electron chi connectivity index (χ1n) is 7.86. The molecule has 1 aromatic carbocycles. The lowest BCUT2D eigenvalue weighted by atomic mass is 10.0. The van der Waals surface area contributed by atoms with Crippen molar-refractivity contribution in [2.75, 3.05) is 13.2 Å². The second-order valence-corrected chi connectivity index (χ2v) is 5.22. The highest BCUT2D eigenvalue weighted by Gasteiger charge is 2.14.